The molecule has 9 nitrogen and oxygen atoms in total. The molecule has 0 atom stereocenters. The van der Waals surface area contributed by atoms with Crippen LogP contribution in [0.5, 0.6) is 0 Å². The van der Waals surface area contributed by atoms with E-state index in [2.05, 4.69) is 0 Å². The minimum absolute atomic E-state index is 0.000820. The predicted octanol–water partition coefficient (Wildman–Crippen LogP) is 1.25. The zero-order valence-corrected chi connectivity index (χ0v) is 13.9. The van der Waals surface area contributed by atoms with Crippen LogP contribution in [0.4, 0.5) is 11.4 Å². The summed E-state index contributed by atoms with van der Waals surface area (Å²) < 4.78 is 0. The van der Waals surface area contributed by atoms with Crippen LogP contribution in [0.2, 0.25) is 0 Å². The summed E-state index contributed by atoms with van der Waals surface area (Å²) in [5.74, 6) is -0.812. The highest BCUT2D eigenvalue weighted by atomic mass is 16.6. The van der Waals surface area contributed by atoms with Gasteiger partial charge < -0.3 is 9.80 Å². The Bertz CT molecular complexity index is 809. The van der Waals surface area contributed by atoms with E-state index in [0.29, 0.717) is 38.3 Å². The summed E-state index contributed by atoms with van der Waals surface area (Å²) >= 11 is 0. The van der Waals surface area contributed by atoms with Gasteiger partial charge in [0.25, 0.3) is 11.6 Å². The van der Waals surface area contributed by atoms with E-state index in [1.807, 2.05) is 23.1 Å². The Balaban J connectivity index is 1.73. The van der Waals surface area contributed by atoms with E-state index >= 15 is 0 Å². The van der Waals surface area contributed by atoms with Gasteiger partial charge in [-0.3, -0.25) is 24.9 Å². The van der Waals surface area contributed by atoms with E-state index in [-0.39, 0.29) is 17.2 Å². The third-order valence-corrected chi connectivity index (χ3v) is 4.49. The number of nitro groups is 1. The third-order valence-electron chi connectivity index (χ3n) is 4.49. The summed E-state index contributed by atoms with van der Waals surface area (Å²) in [7, 11) is 0. The number of nitrogens with zero attached hydrogens (tertiary/aromatic N) is 3. The van der Waals surface area contributed by atoms with Gasteiger partial charge in [-0.2, -0.15) is 0 Å². The normalized spacial score (nSPS) is 16.4. The molecule has 2 N–H and O–H groups in total. The molecule has 3 rings (SSSR count). The molecule has 1 heterocycles. The highest BCUT2D eigenvalue weighted by Gasteiger charge is 2.27. The van der Waals surface area contributed by atoms with Crippen molar-refractivity contribution in [2.75, 3.05) is 31.1 Å². The molecule has 0 bridgehead atoms. The summed E-state index contributed by atoms with van der Waals surface area (Å²) in [6, 6.07) is 4.04. The van der Waals surface area contributed by atoms with Gasteiger partial charge in [-0.15, -0.1) is 0 Å². The molecule has 2 amide bonds. The Kier molecular flexibility index (Phi) is 4.99. The van der Waals surface area contributed by atoms with Crippen LogP contribution in [0.3, 0.4) is 0 Å². The lowest BCUT2D eigenvalue weighted by molar-refractivity contribution is -0.384. The maximum Gasteiger partial charge on any atom is 0.293 e. The molecule has 0 spiro atoms. The van der Waals surface area contributed by atoms with Gasteiger partial charge in [-0.1, -0.05) is 18.2 Å². The highest BCUT2D eigenvalue weighted by Crippen LogP contribution is 2.30. The fourth-order valence-corrected chi connectivity index (χ4v) is 3.10. The first-order valence-corrected chi connectivity index (χ1v) is 8.14. The number of hydroxylamine groups is 1. The number of allylic oxidation sites excluding steroid dienone is 3. The Hall–Kier alpha value is -3.20. The Labute approximate surface area is 149 Å². The average Bonchev–Trinajstić information content (AvgIpc) is 3.21. The number of amides is 2. The summed E-state index contributed by atoms with van der Waals surface area (Å²) in [6.07, 6.45) is 6.23. The number of carbonyl (C=O) groups excluding carboxylic acids is 2. The van der Waals surface area contributed by atoms with Gasteiger partial charge >= 0.3 is 0 Å². The van der Waals surface area contributed by atoms with Crippen molar-refractivity contribution in [3.63, 3.8) is 0 Å². The molecule has 136 valence electrons. The van der Waals surface area contributed by atoms with Crippen LogP contribution in [0.1, 0.15) is 16.8 Å². The zero-order chi connectivity index (χ0) is 18.7. The smallest absolute Gasteiger partial charge is 0.293 e. The lowest BCUT2D eigenvalue weighted by Gasteiger charge is -2.36. The predicted molar refractivity (Wildman–Crippen MR) is 93.0 cm³/mol. The van der Waals surface area contributed by atoms with Crippen LogP contribution < -0.4 is 10.4 Å². The molecule has 1 aliphatic carbocycles. The number of hydrogen-bond acceptors (Lipinski definition) is 6. The van der Waals surface area contributed by atoms with Gasteiger partial charge in [0.05, 0.1) is 4.92 Å². The lowest BCUT2D eigenvalue weighted by atomic mass is 10.1. The van der Waals surface area contributed by atoms with Crippen molar-refractivity contribution < 1.29 is 19.7 Å². The second-order valence-corrected chi connectivity index (χ2v) is 6.00. The maximum absolute atomic E-state index is 12.4. The van der Waals surface area contributed by atoms with E-state index in [1.54, 1.807) is 4.90 Å². The van der Waals surface area contributed by atoms with Gasteiger partial charge in [0, 0.05) is 43.4 Å². The van der Waals surface area contributed by atoms with Crippen LogP contribution in [0, 0.1) is 10.1 Å². The molecule has 9 heteroatoms. The largest absolute Gasteiger partial charge is 0.362 e. The molecular formula is C17H18N4O5. The SMILES string of the molecule is O=C(NO)c1ccc(N2CCN(C(=O)C3=CC=CC3)CC2)c([N+](=O)[O-])c1. The molecule has 2 aliphatic rings. The van der Waals surface area contributed by atoms with E-state index in [1.165, 1.54) is 17.6 Å². The molecule has 1 fully saturated rings. The van der Waals surface area contributed by atoms with Crippen molar-refractivity contribution in [2.45, 2.75) is 6.42 Å². The standard InChI is InChI=1S/C17H18N4O5/c22-16(18-24)13-5-6-14(15(11-13)21(25)26)19-7-9-20(10-8-19)17(23)12-3-1-2-4-12/h1-3,5-6,11,24H,4,7-10H2,(H,18,22). The number of nitro benzene ring substituents is 1. The van der Waals surface area contributed by atoms with E-state index < -0.39 is 10.8 Å². The monoisotopic (exact) mass is 358 g/mol. The quantitative estimate of drug-likeness (QED) is 0.475. The van der Waals surface area contributed by atoms with Gasteiger partial charge in [0.2, 0.25) is 5.91 Å². The fourth-order valence-electron chi connectivity index (χ4n) is 3.10. The van der Waals surface area contributed by atoms with Crippen molar-refractivity contribution in [1.29, 1.82) is 0 Å². The summed E-state index contributed by atoms with van der Waals surface area (Å²) in [5.41, 5.74) is 2.39. The number of benzene rings is 1. The van der Waals surface area contributed by atoms with Gasteiger partial charge in [0.1, 0.15) is 5.69 Å². The molecule has 1 aromatic carbocycles. The first kappa shape index (κ1) is 17.6. The van der Waals surface area contributed by atoms with Gasteiger partial charge in [-0.25, -0.2) is 5.48 Å². The summed E-state index contributed by atoms with van der Waals surface area (Å²) in [5, 5.41) is 20.1. The zero-order valence-electron chi connectivity index (χ0n) is 13.9. The maximum atomic E-state index is 12.4. The minimum atomic E-state index is -0.812. The van der Waals surface area contributed by atoms with Crippen LogP contribution in [0.25, 0.3) is 0 Å². The van der Waals surface area contributed by atoms with Crippen molar-refractivity contribution in [3.8, 4) is 0 Å². The minimum Gasteiger partial charge on any atom is -0.362 e. The van der Waals surface area contributed by atoms with E-state index in [0.717, 1.165) is 11.6 Å². The van der Waals surface area contributed by atoms with Crippen LogP contribution in [-0.4, -0.2) is 53.0 Å². The number of anilines is 1. The molecular weight excluding hydrogens is 340 g/mol. The van der Waals surface area contributed by atoms with Gasteiger partial charge in [-0.05, 0) is 18.6 Å². The molecule has 26 heavy (non-hydrogen) atoms. The molecule has 0 aromatic heterocycles. The second kappa shape index (κ2) is 7.36. The Morgan fingerprint density at radius 3 is 2.50 bits per heavy atom. The van der Waals surface area contributed by atoms with Crippen LogP contribution in [-0.2, 0) is 4.79 Å². The average molecular weight is 358 g/mol. The molecule has 1 saturated heterocycles. The summed E-state index contributed by atoms with van der Waals surface area (Å²) in [4.78, 5) is 38.3. The first-order chi connectivity index (χ1) is 12.5. The van der Waals surface area contributed by atoms with Crippen LogP contribution >= 0.6 is 0 Å². The van der Waals surface area contributed by atoms with Crippen LogP contribution in [0.15, 0.2) is 42.0 Å². The van der Waals surface area contributed by atoms with Crippen molar-refractivity contribution in [1.82, 2.24) is 10.4 Å². The molecule has 1 aliphatic heterocycles. The van der Waals surface area contributed by atoms with Gasteiger partial charge in [0.15, 0.2) is 0 Å². The first-order valence-electron chi connectivity index (χ1n) is 8.14. The van der Waals surface area contributed by atoms with E-state index in [4.69, 9.17) is 5.21 Å². The topological polar surface area (TPSA) is 116 Å². The Morgan fingerprint density at radius 1 is 1.19 bits per heavy atom. The number of rotatable bonds is 4. The molecule has 1 aromatic rings. The number of piperazine rings is 1. The van der Waals surface area contributed by atoms with E-state index in [9.17, 15) is 19.7 Å². The summed E-state index contributed by atoms with van der Waals surface area (Å²) in [6.45, 7) is 1.84. The highest BCUT2D eigenvalue weighted by molar-refractivity contribution is 5.95. The number of hydrogen-bond donors (Lipinski definition) is 2. The number of nitrogens with one attached hydrogen (secondary N) is 1. The van der Waals surface area contributed by atoms with Crippen molar-refractivity contribution in [3.05, 3.63) is 57.7 Å². The number of carbonyl (C=O) groups is 2. The van der Waals surface area contributed by atoms with Crippen molar-refractivity contribution >= 4 is 23.2 Å². The second-order valence-electron chi connectivity index (χ2n) is 6.00. The third kappa shape index (κ3) is 3.42. The Morgan fingerprint density at radius 2 is 1.92 bits per heavy atom. The fraction of sp³-hybridized carbons (Fsp3) is 0.294. The molecule has 0 saturated carbocycles. The molecule has 0 radical (unpaired) electrons. The lowest BCUT2D eigenvalue weighted by Crippen LogP contribution is -2.49. The van der Waals surface area contributed by atoms with Crippen molar-refractivity contribution in [2.24, 2.45) is 0 Å². The molecule has 0 unspecified atom stereocenters.